The maximum absolute atomic E-state index is 14.0. The Kier molecular flexibility index (Phi) is 18.7. The summed E-state index contributed by atoms with van der Waals surface area (Å²) in [6.07, 6.45) is -20.6. The average molecular weight is 1180 g/mol. The van der Waals surface area contributed by atoms with E-state index in [1.165, 1.54) is 6.08 Å². The van der Waals surface area contributed by atoms with Crippen LogP contribution in [0.15, 0.2) is 48.1 Å². The van der Waals surface area contributed by atoms with Gasteiger partial charge in [-0.05, 0) is 90.6 Å². The standard InChI is InChI=1S/C61H92O22/c1-10-29(2)52(75)83-51-50(80-39(66)19-16-30-14-12-11-13-15-30)56(3,4)24-32-31-17-18-37-58(7)22-21-38(57(5,6)36(58)20-23-59(37,8)60(31,9)48(73)49(74)61(32,51)28-65)79-55-47(82-54-44(71)42(69)40(67)33(25-62)76-54)45(72)46(35(27-64)78-55)81-53-43(70)41(68)34(26-63)77-53/h11-17,19,29,32-38,40-51,53-55,62-65,67-74H,10,18,20-28H2,1-9H3. The fourth-order valence-electron chi connectivity index (χ4n) is 16.9. The van der Waals surface area contributed by atoms with Gasteiger partial charge >= 0.3 is 11.9 Å². The minimum absolute atomic E-state index is 0.0770. The van der Waals surface area contributed by atoms with E-state index in [1.807, 2.05) is 58.0 Å². The molecule has 1 aromatic carbocycles. The molecule has 22 nitrogen and oxygen atoms in total. The number of esters is 2. The van der Waals surface area contributed by atoms with Crippen molar-refractivity contribution in [2.24, 2.45) is 56.2 Å². The second kappa shape index (κ2) is 24.1. The summed E-state index contributed by atoms with van der Waals surface area (Å²) in [5, 5.41) is 135. The molecule has 0 bridgehead atoms. The van der Waals surface area contributed by atoms with Crippen molar-refractivity contribution in [3.05, 3.63) is 53.6 Å². The highest BCUT2D eigenvalue weighted by Gasteiger charge is 2.76. The normalized spacial score (nSPS) is 47.7. The molecule has 9 rings (SSSR count). The Balaban J connectivity index is 1.02. The number of benzene rings is 1. The molecule has 8 aliphatic rings. The molecular formula is C61H92O22. The van der Waals surface area contributed by atoms with E-state index in [9.17, 15) is 70.9 Å². The molecule has 1 aromatic rings. The van der Waals surface area contributed by atoms with E-state index in [1.54, 1.807) is 13.0 Å². The molecule has 12 N–H and O–H groups in total. The van der Waals surface area contributed by atoms with E-state index < -0.39 is 199 Å². The maximum atomic E-state index is 14.0. The van der Waals surface area contributed by atoms with Crippen LogP contribution in [0.2, 0.25) is 0 Å². The van der Waals surface area contributed by atoms with Gasteiger partial charge in [-0.2, -0.15) is 0 Å². The molecule has 5 aliphatic carbocycles. The highest BCUT2D eigenvalue weighted by atomic mass is 16.8. The molecular weight excluding hydrogens is 1080 g/mol. The lowest BCUT2D eigenvalue weighted by Crippen LogP contribution is -2.76. The molecule has 22 heteroatoms. The Bertz CT molecular complexity index is 2490. The second-order valence-electron chi connectivity index (χ2n) is 27.1. The van der Waals surface area contributed by atoms with Crippen molar-refractivity contribution in [1.29, 1.82) is 0 Å². The average Bonchev–Trinajstić information content (AvgIpc) is 1.11. The summed E-state index contributed by atoms with van der Waals surface area (Å²) in [5.74, 6) is -2.68. The largest absolute Gasteiger partial charge is 0.457 e. The molecule has 4 saturated carbocycles. The summed E-state index contributed by atoms with van der Waals surface area (Å²) in [5.41, 5.74) is -3.89. The number of aliphatic hydroxyl groups excluding tert-OH is 12. The van der Waals surface area contributed by atoms with Gasteiger partial charge in [0.2, 0.25) is 0 Å². The van der Waals surface area contributed by atoms with Gasteiger partial charge in [0.05, 0.1) is 56.1 Å². The molecule has 3 heterocycles. The van der Waals surface area contributed by atoms with E-state index in [2.05, 4.69) is 33.8 Å². The minimum Gasteiger partial charge on any atom is -0.457 e. The fourth-order valence-corrected chi connectivity index (χ4v) is 16.9. The zero-order valence-corrected chi connectivity index (χ0v) is 49.1. The van der Waals surface area contributed by atoms with E-state index >= 15 is 0 Å². The first-order valence-corrected chi connectivity index (χ1v) is 29.7. The Labute approximate surface area is 485 Å². The lowest BCUT2D eigenvalue weighted by Gasteiger charge is -2.73. The number of carbonyl (C=O) groups excluding carboxylic acids is 2. The molecule has 27 unspecified atom stereocenters. The summed E-state index contributed by atoms with van der Waals surface area (Å²) in [6.45, 7) is 15.1. The second-order valence-corrected chi connectivity index (χ2v) is 27.1. The molecule has 83 heavy (non-hydrogen) atoms. The fraction of sp³-hybridized carbons (Fsp3) is 0.803. The van der Waals surface area contributed by atoms with Crippen molar-refractivity contribution < 1.29 is 109 Å². The predicted molar refractivity (Wildman–Crippen MR) is 292 cm³/mol. The number of carbonyl (C=O) groups is 2. The third kappa shape index (κ3) is 10.6. The molecule has 3 aliphatic heterocycles. The molecule has 7 fully saturated rings. The Morgan fingerprint density at radius 2 is 1.25 bits per heavy atom. The van der Waals surface area contributed by atoms with Gasteiger partial charge in [-0.3, -0.25) is 4.79 Å². The van der Waals surface area contributed by atoms with Crippen molar-refractivity contribution >= 4 is 18.0 Å². The summed E-state index contributed by atoms with van der Waals surface area (Å²) in [6, 6.07) is 9.21. The van der Waals surface area contributed by atoms with Crippen LogP contribution in [0.5, 0.6) is 0 Å². The Morgan fingerprint density at radius 3 is 1.86 bits per heavy atom. The maximum Gasteiger partial charge on any atom is 0.331 e. The van der Waals surface area contributed by atoms with Crippen molar-refractivity contribution in [3.63, 3.8) is 0 Å². The summed E-state index contributed by atoms with van der Waals surface area (Å²) in [7, 11) is 0. The zero-order chi connectivity index (χ0) is 60.7. The van der Waals surface area contributed by atoms with Crippen molar-refractivity contribution in [1.82, 2.24) is 0 Å². The van der Waals surface area contributed by atoms with E-state index in [-0.39, 0.29) is 11.8 Å². The van der Waals surface area contributed by atoms with Gasteiger partial charge in [0.1, 0.15) is 73.2 Å². The molecule has 0 amide bonds. The van der Waals surface area contributed by atoms with Crippen LogP contribution in [0.3, 0.4) is 0 Å². The first-order valence-electron chi connectivity index (χ1n) is 29.7. The van der Waals surface area contributed by atoms with Crippen molar-refractivity contribution in [3.8, 4) is 0 Å². The molecule has 0 aromatic heterocycles. The summed E-state index contributed by atoms with van der Waals surface area (Å²) < 4.78 is 49.6. The number of rotatable bonds is 16. The molecule has 468 valence electrons. The van der Waals surface area contributed by atoms with Crippen LogP contribution >= 0.6 is 0 Å². The molecule has 27 atom stereocenters. The quantitative estimate of drug-likeness (QED) is 0.0475. The van der Waals surface area contributed by atoms with Crippen LogP contribution < -0.4 is 0 Å². The predicted octanol–water partition coefficient (Wildman–Crippen LogP) is 0.998. The monoisotopic (exact) mass is 1180 g/mol. The third-order valence-corrected chi connectivity index (χ3v) is 22.1. The summed E-state index contributed by atoms with van der Waals surface area (Å²) in [4.78, 5) is 27.9. The molecule has 0 radical (unpaired) electrons. The number of fused-ring (bicyclic) bond motifs is 7. The van der Waals surface area contributed by atoms with Crippen LogP contribution in [0, 0.1) is 56.2 Å². The van der Waals surface area contributed by atoms with Crippen LogP contribution in [0.1, 0.15) is 113 Å². The van der Waals surface area contributed by atoms with E-state index in [4.69, 9.17) is 37.9 Å². The van der Waals surface area contributed by atoms with Gasteiger partial charge in [0.15, 0.2) is 25.0 Å². The first-order chi connectivity index (χ1) is 39.1. The van der Waals surface area contributed by atoms with Crippen LogP contribution in [0.4, 0.5) is 0 Å². The number of hydrogen-bond donors (Lipinski definition) is 12. The first kappa shape index (κ1) is 64.4. The number of ether oxygens (including phenoxy) is 8. The zero-order valence-electron chi connectivity index (χ0n) is 49.1. The van der Waals surface area contributed by atoms with Gasteiger partial charge in [-0.1, -0.05) is 104 Å². The smallest absolute Gasteiger partial charge is 0.331 e. The lowest BCUT2D eigenvalue weighted by molar-refractivity contribution is -0.387. The highest BCUT2D eigenvalue weighted by Crippen LogP contribution is 2.76. The van der Waals surface area contributed by atoms with E-state index in [0.717, 1.165) is 11.1 Å². The number of aliphatic hydroxyl groups is 12. The van der Waals surface area contributed by atoms with Gasteiger partial charge in [0.25, 0.3) is 0 Å². The SMILES string of the molecule is CCC(C)C(=O)OC1C(OC(=O)C=Cc2ccccc2)C(C)(C)CC2C3=CCC4C5(C)CCC(OC6OC(CO)C(OC7OC(CO)C(O)C7O)C(O)C6OC6OC(CO)C(O)C(O)C6O)C(C)(C)C5CCC4(C)C3(C)C(O)C(O)C21CO. The molecule has 0 spiro atoms. The van der Waals surface area contributed by atoms with Gasteiger partial charge in [-0.25, -0.2) is 4.79 Å². The number of allylic oxidation sites excluding steroid dienone is 1. The van der Waals surface area contributed by atoms with Gasteiger partial charge < -0.3 is 99.2 Å². The van der Waals surface area contributed by atoms with Crippen LogP contribution in [0.25, 0.3) is 6.08 Å². The van der Waals surface area contributed by atoms with E-state index in [0.29, 0.717) is 44.9 Å². The summed E-state index contributed by atoms with van der Waals surface area (Å²) >= 11 is 0. The lowest BCUT2D eigenvalue weighted by atomic mass is 9.32. The van der Waals surface area contributed by atoms with Gasteiger partial charge in [0, 0.05) is 16.9 Å². The minimum atomic E-state index is -1.91. The van der Waals surface area contributed by atoms with Gasteiger partial charge in [-0.15, -0.1) is 0 Å². The highest BCUT2D eigenvalue weighted by molar-refractivity contribution is 5.87. The van der Waals surface area contributed by atoms with Crippen LogP contribution in [-0.4, -0.2) is 216 Å². The van der Waals surface area contributed by atoms with Crippen LogP contribution in [-0.2, 0) is 47.5 Å². The Morgan fingerprint density at radius 1 is 0.663 bits per heavy atom. The topological polar surface area (TPSA) is 351 Å². The van der Waals surface area contributed by atoms with Crippen molar-refractivity contribution in [2.45, 2.75) is 224 Å². The van der Waals surface area contributed by atoms with Crippen molar-refractivity contribution in [2.75, 3.05) is 26.4 Å². The third-order valence-electron chi connectivity index (χ3n) is 22.1. The number of hydrogen-bond acceptors (Lipinski definition) is 22. The molecule has 3 saturated heterocycles. The Hall–Kier alpha value is -3.08.